The maximum Gasteiger partial charge on any atom is 0.204 e. The van der Waals surface area contributed by atoms with Gasteiger partial charge in [0.15, 0.2) is 18.1 Å². The number of methoxy groups -OCH3 is 3. The van der Waals surface area contributed by atoms with E-state index in [2.05, 4.69) is 21.9 Å². The Kier molecular flexibility index (Phi) is 8.13. The molecule has 0 N–H and O–H groups in total. The summed E-state index contributed by atoms with van der Waals surface area (Å²) in [6.07, 6.45) is 2.36. The second-order valence-corrected chi connectivity index (χ2v) is 7.55. The average Bonchev–Trinajstić information content (AvgIpc) is 3.13. The zero-order valence-electron chi connectivity index (χ0n) is 19.8. The van der Waals surface area contributed by atoms with Crippen molar-refractivity contribution in [1.29, 1.82) is 0 Å². The molecule has 2 aromatic carbocycles. The quantitative estimate of drug-likeness (QED) is 0.242. The van der Waals surface area contributed by atoms with Gasteiger partial charge in [0.25, 0.3) is 0 Å². The summed E-state index contributed by atoms with van der Waals surface area (Å²) in [6, 6.07) is 15.4. The van der Waals surface area contributed by atoms with Gasteiger partial charge in [0.05, 0.1) is 27.5 Å². The molecule has 0 unspecified atom stereocenters. The normalized spacial score (nSPS) is 10.9. The molecular formula is C26H30N2O5. The van der Waals surface area contributed by atoms with Gasteiger partial charge in [-0.2, -0.15) is 0 Å². The van der Waals surface area contributed by atoms with Gasteiger partial charge in [-0.3, -0.25) is 4.79 Å². The molecule has 0 bridgehead atoms. The molecular weight excluding hydrogens is 420 g/mol. The van der Waals surface area contributed by atoms with Crippen LogP contribution in [0.4, 0.5) is 0 Å². The van der Waals surface area contributed by atoms with Crippen LogP contribution in [0.1, 0.15) is 32.9 Å². The standard InChI is InChI=1S/C26H30N2O5/c1-18-15-23(19(2)28(18)14-13-20-9-11-22(30-3)12-10-20)24(29)17-33-27-16-21-7-6-8-25(31-4)26(21)32-5/h6-12,15-16H,13-14,17H2,1-5H3/b27-16+. The molecule has 7 heteroatoms. The van der Waals surface area contributed by atoms with Crippen molar-refractivity contribution in [3.8, 4) is 17.2 Å². The molecule has 0 aliphatic heterocycles. The van der Waals surface area contributed by atoms with E-state index in [1.807, 2.05) is 44.2 Å². The predicted molar refractivity (Wildman–Crippen MR) is 128 cm³/mol. The molecule has 3 aromatic rings. The number of ether oxygens (including phenoxy) is 3. The van der Waals surface area contributed by atoms with Crippen molar-refractivity contribution < 1.29 is 23.8 Å². The number of ketones is 1. The number of aryl methyl sites for hydroxylation is 2. The molecule has 0 aliphatic rings. The lowest BCUT2D eigenvalue weighted by Crippen LogP contribution is -2.10. The molecule has 0 saturated carbocycles. The Labute approximate surface area is 194 Å². The Bertz CT molecular complexity index is 1120. The van der Waals surface area contributed by atoms with E-state index in [9.17, 15) is 4.79 Å². The first-order chi connectivity index (χ1) is 16.0. The number of hydrogen-bond donors (Lipinski definition) is 0. The second kappa shape index (κ2) is 11.2. The van der Waals surface area contributed by atoms with Crippen LogP contribution in [0.15, 0.2) is 53.7 Å². The van der Waals surface area contributed by atoms with Crippen LogP contribution in [-0.4, -0.2) is 44.5 Å². The Morgan fingerprint density at radius 3 is 2.42 bits per heavy atom. The molecule has 0 amide bonds. The first-order valence-corrected chi connectivity index (χ1v) is 10.7. The van der Waals surface area contributed by atoms with Gasteiger partial charge in [-0.1, -0.05) is 23.4 Å². The number of carbonyl (C=O) groups is 1. The molecule has 3 rings (SSSR count). The van der Waals surface area contributed by atoms with Gasteiger partial charge in [-0.15, -0.1) is 0 Å². The minimum Gasteiger partial charge on any atom is -0.497 e. The summed E-state index contributed by atoms with van der Waals surface area (Å²) in [5, 5.41) is 3.94. The highest BCUT2D eigenvalue weighted by molar-refractivity contribution is 5.98. The Morgan fingerprint density at radius 1 is 1.00 bits per heavy atom. The lowest BCUT2D eigenvalue weighted by Gasteiger charge is -2.10. The number of rotatable bonds is 11. The van der Waals surface area contributed by atoms with Crippen LogP contribution in [-0.2, 0) is 17.8 Å². The zero-order valence-corrected chi connectivity index (χ0v) is 19.8. The van der Waals surface area contributed by atoms with E-state index in [1.165, 1.54) is 11.8 Å². The molecule has 33 heavy (non-hydrogen) atoms. The molecule has 0 spiro atoms. The number of oxime groups is 1. The molecule has 0 saturated heterocycles. The van der Waals surface area contributed by atoms with E-state index in [-0.39, 0.29) is 12.4 Å². The fraction of sp³-hybridized carbons (Fsp3) is 0.308. The third-order valence-corrected chi connectivity index (χ3v) is 5.55. The summed E-state index contributed by atoms with van der Waals surface area (Å²) >= 11 is 0. The predicted octanol–water partition coefficient (Wildman–Crippen LogP) is 4.61. The average molecular weight is 451 g/mol. The Hall–Kier alpha value is -3.74. The van der Waals surface area contributed by atoms with Crippen LogP contribution >= 0.6 is 0 Å². The highest BCUT2D eigenvalue weighted by Crippen LogP contribution is 2.29. The van der Waals surface area contributed by atoms with E-state index >= 15 is 0 Å². The zero-order chi connectivity index (χ0) is 23.8. The number of nitrogens with zero attached hydrogens (tertiary/aromatic N) is 2. The van der Waals surface area contributed by atoms with E-state index in [4.69, 9.17) is 19.0 Å². The summed E-state index contributed by atoms with van der Waals surface area (Å²) in [7, 11) is 4.79. The maximum absolute atomic E-state index is 12.7. The molecule has 1 aromatic heterocycles. The van der Waals surface area contributed by atoms with Crippen molar-refractivity contribution in [2.45, 2.75) is 26.8 Å². The number of benzene rings is 2. The van der Waals surface area contributed by atoms with Crippen molar-refractivity contribution in [3.05, 3.63) is 76.6 Å². The summed E-state index contributed by atoms with van der Waals surface area (Å²) < 4.78 is 18.0. The lowest BCUT2D eigenvalue weighted by molar-refractivity contribution is 0.0778. The third-order valence-electron chi connectivity index (χ3n) is 5.55. The van der Waals surface area contributed by atoms with Crippen molar-refractivity contribution in [3.63, 3.8) is 0 Å². The van der Waals surface area contributed by atoms with Crippen molar-refractivity contribution >= 4 is 12.0 Å². The van der Waals surface area contributed by atoms with E-state index in [0.29, 0.717) is 22.6 Å². The van der Waals surface area contributed by atoms with Crippen LogP contribution < -0.4 is 14.2 Å². The van der Waals surface area contributed by atoms with E-state index < -0.39 is 0 Å². The van der Waals surface area contributed by atoms with Crippen molar-refractivity contribution in [2.24, 2.45) is 5.16 Å². The summed E-state index contributed by atoms with van der Waals surface area (Å²) in [5.74, 6) is 1.87. The van der Waals surface area contributed by atoms with Crippen molar-refractivity contribution in [1.82, 2.24) is 4.57 Å². The van der Waals surface area contributed by atoms with E-state index in [1.54, 1.807) is 27.4 Å². The number of carbonyl (C=O) groups excluding carboxylic acids is 1. The summed E-state index contributed by atoms with van der Waals surface area (Å²) in [5.41, 5.74) is 4.52. The third kappa shape index (κ3) is 5.74. The number of Topliss-reactive ketones (excluding diaryl/α,β-unsaturated/α-hetero) is 1. The Balaban J connectivity index is 1.61. The van der Waals surface area contributed by atoms with Gasteiger partial charge < -0.3 is 23.6 Å². The number of para-hydroxylation sites is 1. The SMILES string of the molecule is COc1ccc(CCn2c(C)cc(C(=O)CO/N=C/c3cccc(OC)c3OC)c2C)cc1. The number of hydrogen-bond acceptors (Lipinski definition) is 6. The van der Waals surface area contributed by atoms with Crippen LogP contribution in [0.3, 0.4) is 0 Å². The molecule has 0 fully saturated rings. The maximum atomic E-state index is 12.7. The second-order valence-electron chi connectivity index (χ2n) is 7.55. The van der Waals surface area contributed by atoms with Crippen LogP contribution in [0.2, 0.25) is 0 Å². The molecule has 0 atom stereocenters. The van der Waals surface area contributed by atoms with Crippen LogP contribution in [0, 0.1) is 13.8 Å². The van der Waals surface area contributed by atoms with Crippen LogP contribution in [0.5, 0.6) is 17.2 Å². The first-order valence-electron chi connectivity index (χ1n) is 10.7. The largest absolute Gasteiger partial charge is 0.497 e. The topological polar surface area (TPSA) is 71.3 Å². The highest BCUT2D eigenvalue weighted by Gasteiger charge is 2.16. The van der Waals surface area contributed by atoms with Gasteiger partial charge in [-0.25, -0.2) is 0 Å². The van der Waals surface area contributed by atoms with E-state index in [0.717, 1.165) is 30.1 Å². The molecule has 7 nitrogen and oxygen atoms in total. The van der Waals surface area contributed by atoms with Gasteiger partial charge in [-0.05, 0) is 56.2 Å². The minimum atomic E-state index is -0.147. The molecule has 0 aliphatic carbocycles. The first kappa shape index (κ1) is 23.9. The van der Waals surface area contributed by atoms with Crippen LogP contribution in [0.25, 0.3) is 0 Å². The van der Waals surface area contributed by atoms with Crippen molar-refractivity contribution in [2.75, 3.05) is 27.9 Å². The van der Waals surface area contributed by atoms with Gasteiger partial charge in [0.2, 0.25) is 5.78 Å². The molecule has 174 valence electrons. The monoisotopic (exact) mass is 450 g/mol. The summed E-state index contributed by atoms with van der Waals surface area (Å²) in [4.78, 5) is 18.0. The number of aromatic nitrogens is 1. The molecule has 0 radical (unpaired) electrons. The lowest BCUT2D eigenvalue weighted by atomic mass is 10.1. The minimum absolute atomic E-state index is 0.117. The van der Waals surface area contributed by atoms with Gasteiger partial charge >= 0.3 is 0 Å². The van der Waals surface area contributed by atoms with Gasteiger partial charge in [0.1, 0.15) is 5.75 Å². The smallest absolute Gasteiger partial charge is 0.204 e. The highest BCUT2D eigenvalue weighted by atomic mass is 16.6. The molecule has 1 heterocycles. The Morgan fingerprint density at radius 2 is 1.76 bits per heavy atom. The fourth-order valence-electron chi connectivity index (χ4n) is 3.74. The van der Waals surface area contributed by atoms with Gasteiger partial charge in [0, 0.05) is 29.1 Å². The fourth-order valence-corrected chi connectivity index (χ4v) is 3.74. The summed E-state index contributed by atoms with van der Waals surface area (Å²) in [6.45, 7) is 4.60.